The van der Waals surface area contributed by atoms with E-state index in [9.17, 15) is 9.59 Å². The van der Waals surface area contributed by atoms with Crippen LogP contribution in [0.1, 0.15) is 35.8 Å². The Labute approximate surface area is 172 Å². The molecule has 2 aromatic rings. The molecule has 0 atom stereocenters. The summed E-state index contributed by atoms with van der Waals surface area (Å²) in [6, 6.07) is 6.71. The van der Waals surface area contributed by atoms with Crippen LogP contribution in [0.15, 0.2) is 30.5 Å². The van der Waals surface area contributed by atoms with Crippen LogP contribution >= 0.6 is 23.2 Å². The number of aromatic nitrogens is 2. The van der Waals surface area contributed by atoms with E-state index in [1.54, 1.807) is 24.3 Å². The van der Waals surface area contributed by atoms with Crippen LogP contribution in [0, 0.1) is 5.41 Å². The lowest BCUT2D eigenvalue weighted by atomic mass is 9.80. The zero-order valence-corrected chi connectivity index (χ0v) is 16.8. The molecule has 3 rings (SSSR count). The number of carbonyl (C=O) groups excluding carboxylic acids is 1. The van der Waals surface area contributed by atoms with Crippen molar-refractivity contribution in [1.82, 2.24) is 15.3 Å². The van der Waals surface area contributed by atoms with Crippen LogP contribution in [0.2, 0.25) is 10.2 Å². The Morgan fingerprint density at radius 1 is 1.25 bits per heavy atom. The average molecular weight is 423 g/mol. The van der Waals surface area contributed by atoms with Gasteiger partial charge in [0.25, 0.3) is 0 Å². The van der Waals surface area contributed by atoms with Gasteiger partial charge in [0, 0.05) is 25.2 Å². The summed E-state index contributed by atoms with van der Waals surface area (Å²) in [6.45, 7) is 3.86. The Morgan fingerprint density at radius 2 is 1.93 bits per heavy atom. The lowest BCUT2D eigenvalue weighted by molar-refractivity contribution is 0.103. The zero-order valence-electron chi connectivity index (χ0n) is 15.3. The van der Waals surface area contributed by atoms with Crippen molar-refractivity contribution in [2.75, 3.05) is 24.5 Å². The maximum atomic E-state index is 12.6. The summed E-state index contributed by atoms with van der Waals surface area (Å²) in [5, 5.41) is 11.6. The van der Waals surface area contributed by atoms with Crippen LogP contribution in [0.3, 0.4) is 0 Å². The smallest absolute Gasteiger partial charge is 0.404 e. The number of benzene rings is 1. The van der Waals surface area contributed by atoms with Crippen LogP contribution in [0.25, 0.3) is 0 Å². The van der Waals surface area contributed by atoms with Crippen molar-refractivity contribution in [1.29, 1.82) is 0 Å². The Balaban J connectivity index is 1.71. The predicted octanol–water partition coefficient (Wildman–Crippen LogP) is 3.89. The van der Waals surface area contributed by atoms with E-state index < -0.39 is 6.09 Å². The molecular formula is C19H20Cl2N4O3. The molecule has 7 nitrogen and oxygen atoms in total. The lowest BCUT2D eigenvalue weighted by Gasteiger charge is -2.39. The first-order valence-corrected chi connectivity index (χ1v) is 9.58. The van der Waals surface area contributed by atoms with Gasteiger partial charge in [0.05, 0.1) is 11.2 Å². The van der Waals surface area contributed by atoms with Crippen molar-refractivity contribution in [3.05, 3.63) is 51.9 Å². The highest BCUT2D eigenvalue weighted by molar-refractivity contribution is 6.37. The molecule has 0 radical (unpaired) electrons. The summed E-state index contributed by atoms with van der Waals surface area (Å²) in [5.74, 6) is 0.217. The fraction of sp³-hybridized carbons (Fsp3) is 0.368. The molecule has 2 heterocycles. The first-order valence-electron chi connectivity index (χ1n) is 8.83. The number of halogens is 2. The second-order valence-corrected chi connectivity index (χ2v) is 7.90. The summed E-state index contributed by atoms with van der Waals surface area (Å²) in [5.41, 5.74) is 0.283. The minimum atomic E-state index is -1.01. The number of piperidine rings is 1. The van der Waals surface area contributed by atoms with Gasteiger partial charge < -0.3 is 15.3 Å². The van der Waals surface area contributed by atoms with Crippen molar-refractivity contribution < 1.29 is 14.7 Å². The first kappa shape index (κ1) is 20.4. The van der Waals surface area contributed by atoms with E-state index in [0.717, 1.165) is 12.8 Å². The maximum absolute atomic E-state index is 12.6. The maximum Gasteiger partial charge on any atom is 0.404 e. The average Bonchev–Trinajstić information content (AvgIpc) is 2.67. The largest absolute Gasteiger partial charge is 0.465 e. The predicted molar refractivity (Wildman–Crippen MR) is 108 cm³/mol. The highest BCUT2D eigenvalue weighted by atomic mass is 35.5. The molecule has 28 heavy (non-hydrogen) atoms. The molecule has 1 fully saturated rings. The van der Waals surface area contributed by atoms with Gasteiger partial charge in [-0.3, -0.25) is 4.79 Å². The number of hydrogen-bond acceptors (Lipinski definition) is 5. The minimum absolute atomic E-state index is 0.0308. The summed E-state index contributed by atoms with van der Waals surface area (Å²) < 4.78 is 0. The molecule has 2 N–H and O–H groups in total. The molecule has 1 amide bonds. The van der Waals surface area contributed by atoms with E-state index in [-0.39, 0.29) is 22.0 Å². The molecule has 1 aliphatic heterocycles. The lowest BCUT2D eigenvalue weighted by Crippen LogP contribution is -2.44. The number of anilines is 1. The monoisotopic (exact) mass is 422 g/mol. The van der Waals surface area contributed by atoms with E-state index in [2.05, 4.69) is 22.2 Å². The molecule has 0 unspecified atom stereocenters. The quantitative estimate of drug-likeness (QED) is 0.709. The molecule has 148 valence electrons. The van der Waals surface area contributed by atoms with Gasteiger partial charge in [-0.15, -0.1) is 0 Å². The summed E-state index contributed by atoms with van der Waals surface area (Å²) in [6.07, 6.45) is 2.12. The van der Waals surface area contributed by atoms with Crippen molar-refractivity contribution in [3.63, 3.8) is 0 Å². The molecule has 1 aromatic heterocycles. The third-order valence-electron chi connectivity index (χ3n) is 5.01. The molecule has 0 spiro atoms. The number of nitrogens with one attached hydrogen (secondary N) is 1. The number of hydrogen-bond donors (Lipinski definition) is 2. The molecule has 9 heteroatoms. The van der Waals surface area contributed by atoms with Gasteiger partial charge in [-0.1, -0.05) is 42.3 Å². The number of amides is 1. The summed E-state index contributed by atoms with van der Waals surface area (Å²) in [7, 11) is 0. The molecule has 0 saturated carbocycles. The van der Waals surface area contributed by atoms with Gasteiger partial charge in [0.15, 0.2) is 5.15 Å². The van der Waals surface area contributed by atoms with Gasteiger partial charge in [-0.05, 0) is 30.4 Å². The molecule has 0 bridgehead atoms. The summed E-state index contributed by atoms with van der Waals surface area (Å²) >= 11 is 12.3. The normalized spacial score (nSPS) is 15.9. The molecule has 0 aliphatic carbocycles. The number of carbonyl (C=O) groups is 2. The SMILES string of the molecule is CC1(CNC(=O)O)CCN(c2cnc(C(=O)c3ccccc3Cl)c(Cl)n2)CC1. The van der Waals surface area contributed by atoms with Crippen LogP contribution in [-0.2, 0) is 0 Å². The van der Waals surface area contributed by atoms with E-state index in [1.807, 2.05) is 4.90 Å². The zero-order chi connectivity index (χ0) is 20.3. The van der Waals surface area contributed by atoms with E-state index in [0.29, 0.717) is 36.0 Å². The molecule has 1 saturated heterocycles. The Morgan fingerprint density at radius 3 is 2.54 bits per heavy atom. The number of ketones is 1. The molecular weight excluding hydrogens is 403 g/mol. The van der Waals surface area contributed by atoms with Crippen LogP contribution in [-0.4, -0.2) is 46.6 Å². The number of carboxylic acid groups (broad SMARTS) is 1. The molecule has 1 aromatic carbocycles. The van der Waals surface area contributed by atoms with E-state index in [4.69, 9.17) is 28.3 Å². The highest BCUT2D eigenvalue weighted by Crippen LogP contribution is 2.32. The number of rotatable bonds is 5. The van der Waals surface area contributed by atoms with Crippen LogP contribution in [0.5, 0.6) is 0 Å². The second kappa shape index (κ2) is 8.32. The van der Waals surface area contributed by atoms with Gasteiger partial charge in [-0.2, -0.15) is 0 Å². The second-order valence-electron chi connectivity index (χ2n) is 7.13. The topological polar surface area (TPSA) is 95.4 Å². The Bertz CT molecular complexity index is 898. The Hall–Kier alpha value is -2.38. The van der Waals surface area contributed by atoms with Crippen molar-refractivity contribution >= 4 is 40.9 Å². The van der Waals surface area contributed by atoms with Gasteiger partial charge in [0.1, 0.15) is 11.5 Å². The van der Waals surface area contributed by atoms with Gasteiger partial charge in [-0.25, -0.2) is 14.8 Å². The number of nitrogens with zero attached hydrogens (tertiary/aromatic N) is 3. The van der Waals surface area contributed by atoms with Crippen molar-refractivity contribution in [3.8, 4) is 0 Å². The standard InChI is InChI=1S/C19H20Cl2N4O3/c1-19(11-23-18(27)28)6-8-25(9-7-19)14-10-22-15(17(21)24-14)16(26)12-4-2-3-5-13(12)20/h2-5,10,23H,6-9,11H2,1H3,(H,27,28). The van der Waals surface area contributed by atoms with Gasteiger partial charge in [0.2, 0.25) is 5.78 Å². The minimum Gasteiger partial charge on any atom is -0.465 e. The first-order chi connectivity index (χ1) is 13.3. The fourth-order valence-electron chi connectivity index (χ4n) is 3.18. The van der Waals surface area contributed by atoms with Gasteiger partial charge >= 0.3 is 6.09 Å². The Kier molecular flexibility index (Phi) is 6.05. The summed E-state index contributed by atoms with van der Waals surface area (Å²) in [4.78, 5) is 34.0. The van der Waals surface area contributed by atoms with Crippen LogP contribution in [0.4, 0.5) is 10.6 Å². The third kappa shape index (κ3) is 4.54. The molecule has 1 aliphatic rings. The fourth-order valence-corrected chi connectivity index (χ4v) is 3.62. The highest BCUT2D eigenvalue weighted by Gasteiger charge is 2.31. The van der Waals surface area contributed by atoms with Crippen LogP contribution < -0.4 is 10.2 Å². The van der Waals surface area contributed by atoms with E-state index >= 15 is 0 Å². The van der Waals surface area contributed by atoms with E-state index in [1.165, 1.54) is 6.20 Å². The van der Waals surface area contributed by atoms with Crippen molar-refractivity contribution in [2.24, 2.45) is 5.41 Å². The third-order valence-corrected chi connectivity index (χ3v) is 5.60. The van der Waals surface area contributed by atoms with Crippen molar-refractivity contribution in [2.45, 2.75) is 19.8 Å².